The van der Waals surface area contributed by atoms with Gasteiger partial charge < -0.3 is 9.72 Å². The summed E-state index contributed by atoms with van der Waals surface area (Å²) in [6.45, 7) is 0. The Morgan fingerprint density at radius 2 is 1.68 bits per heavy atom. The van der Waals surface area contributed by atoms with Crippen LogP contribution >= 0.6 is 0 Å². The molecule has 142 valence electrons. The highest BCUT2D eigenvalue weighted by Gasteiger charge is 2.32. The summed E-state index contributed by atoms with van der Waals surface area (Å²) in [4.78, 5) is 28.7. The van der Waals surface area contributed by atoms with E-state index in [1.165, 1.54) is 12.2 Å². The van der Waals surface area contributed by atoms with Gasteiger partial charge in [-0.3, -0.25) is 0 Å². The number of hydrogen-bond donors (Lipinski definition) is 1. The van der Waals surface area contributed by atoms with Crippen LogP contribution < -0.4 is 10.4 Å². The van der Waals surface area contributed by atoms with Crippen molar-refractivity contribution in [3.8, 4) is 5.75 Å². The molecule has 1 aromatic heterocycles. The van der Waals surface area contributed by atoms with Gasteiger partial charge in [0.05, 0.1) is 11.3 Å². The van der Waals surface area contributed by atoms with Gasteiger partial charge in [0.1, 0.15) is 11.4 Å². The molecule has 0 fully saturated rings. The molecule has 0 spiro atoms. The lowest BCUT2D eigenvalue weighted by Crippen LogP contribution is -2.19. The molecule has 1 N–H and O–H groups in total. The standard InChI is InChI=1S/C20H13F3N2O3/c21-20(22,23)17-12-15(24-19(27)25-17)11-10-13-6-4-5-9-16(13)28-18(26)14-7-2-1-3-8-14/h1-12H,(H,24,25,27)/b11-10+. The molecule has 0 aliphatic heterocycles. The molecule has 28 heavy (non-hydrogen) atoms. The Balaban J connectivity index is 1.87. The second-order valence-corrected chi connectivity index (χ2v) is 5.65. The zero-order valence-corrected chi connectivity index (χ0v) is 14.2. The van der Waals surface area contributed by atoms with Crippen LogP contribution in [0.4, 0.5) is 13.2 Å². The van der Waals surface area contributed by atoms with Crippen molar-refractivity contribution in [2.45, 2.75) is 6.18 Å². The molecule has 0 atom stereocenters. The number of aromatic amines is 1. The van der Waals surface area contributed by atoms with Crippen LogP contribution in [0.15, 0.2) is 65.5 Å². The van der Waals surface area contributed by atoms with Crippen molar-refractivity contribution in [1.82, 2.24) is 9.97 Å². The summed E-state index contributed by atoms with van der Waals surface area (Å²) in [5.74, 6) is -0.358. The van der Waals surface area contributed by atoms with E-state index in [1.807, 2.05) is 0 Å². The summed E-state index contributed by atoms with van der Waals surface area (Å²) >= 11 is 0. The number of ether oxygens (including phenoxy) is 1. The maximum atomic E-state index is 12.8. The highest BCUT2D eigenvalue weighted by molar-refractivity contribution is 5.91. The van der Waals surface area contributed by atoms with Gasteiger partial charge in [-0.1, -0.05) is 36.4 Å². The first kappa shape index (κ1) is 19.1. The van der Waals surface area contributed by atoms with Gasteiger partial charge in [0, 0.05) is 5.56 Å². The number of halogens is 3. The maximum Gasteiger partial charge on any atom is 0.431 e. The van der Waals surface area contributed by atoms with E-state index in [1.54, 1.807) is 59.6 Å². The zero-order valence-electron chi connectivity index (χ0n) is 14.2. The Labute approximate surface area is 157 Å². The van der Waals surface area contributed by atoms with E-state index in [-0.39, 0.29) is 11.4 Å². The van der Waals surface area contributed by atoms with Crippen LogP contribution in [-0.4, -0.2) is 15.9 Å². The minimum atomic E-state index is -4.70. The van der Waals surface area contributed by atoms with Crippen molar-refractivity contribution in [2.75, 3.05) is 0 Å². The van der Waals surface area contributed by atoms with Crippen molar-refractivity contribution in [2.24, 2.45) is 0 Å². The lowest BCUT2D eigenvalue weighted by molar-refractivity contribution is -0.141. The maximum absolute atomic E-state index is 12.8. The third-order valence-corrected chi connectivity index (χ3v) is 3.63. The summed E-state index contributed by atoms with van der Waals surface area (Å²) in [7, 11) is 0. The number of para-hydroxylation sites is 1. The van der Waals surface area contributed by atoms with Crippen LogP contribution in [0.2, 0.25) is 0 Å². The topological polar surface area (TPSA) is 72.1 Å². The monoisotopic (exact) mass is 386 g/mol. The van der Waals surface area contributed by atoms with Crippen molar-refractivity contribution in [3.05, 3.63) is 93.7 Å². The summed E-state index contributed by atoms with van der Waals surface area (Å²) in [6, 6.07) is 15.5. The van der Waals surface area contributed by atoms with E-state index in [0.717, 1.165) is 6.07 Å². The first-order valence-corrected chi connectivity index (χ1v) is 8.06. The predicted molar refractivity (Wildman–Crippen MR) is 96.6 cm³/mol. The van der Waals surface area contributed by atoms with Crippen LogP contribution in [0.1, 0.15) is 27.3 Å². The third-order valence-electron chi connectivity index (χ3n) is 3.63. The fourth-order valence-corrected chi connectivity index (χ4v) is 2.33. The van der Waals surface area contributed by atoms with Crippen molar-refractivity contribution in [3.63, 3.8) is 0 Å². The van der Waals surface area contributed by atoms with Gasteiger partial charge in [-0.15, -0.1) is 0 Å². The Kier molecular flexibility index (Phi) is 5.39. The number of hydrogen-bond acceptors (Lipinski definition) is 4. The van der Waals surface area contributed by atoms with E-state index in [4.69, 9.17) is 4.74 Å². The molecule has 3 aromatic rings. The smallest absolute Gasteiger partial charge is 0.422 e. The van der Waals surface area contributed by atoms with Gasteiger partial charge in [0.25, 0.3) is 0 Å². The Morgan fingerprint density at radius 3 is 2.39 bits per heavy atom. The third kappa shape index (κ3) is 4.73. The van der Waals surface area contributed by atoms with Crippen LogP contribution in [0.25, 0.3) is 12.2 Å². The molecule has 2 aromatic carbocycles. The average Bonchev–Trinajstić information content (AvgIpc) is 2.67. The number of H-pyrrole nitrogens is 1. The minimum absolute atomic E-state index is 0.180. The normalized spacial score (nSPS) is 11.5. The van der Waals surface area contributed by atoms with Gasteiger partial charge >= 0.3 is 17.8 Å². The zero-order chi connectivity index (χ0) is 20.1. The van der Waals surface area contributed by atoms with E-state index < -0.39 is 23.5 Å². The van der Waals surface area contributed by atoms with Crippen LogP contribution in [0.3, 0.4) is 0 Å². The summed E-state index contributed by atoms with van der Waals surface area (Å²) in [5.41, 5.74) is -1.70. The van der Waals surface area contributed by atoms with Crippen LogP contribution in [-0.2, 0) is 6.18 Å². The summed E-state index contributed by atoms with van der Waals surface area (Å²) in [5, 5.41) is 0. The van der Waals surface area contributed by atoms with Crippen molar-refractivity contribution < 1.29 is 22.7 Å². The highest BCUT2D eigenvalue weighted by Crippen LogP contribution is 2.27. The van der Waals surface area contributed by atoms with Crippen LogP contribution in [0.5, 0.6) is 5.75 Å². The molecule has 3 rings (SSSR count). The molecule has 1 heterocycles. The van der Waals surface area contributed by atoms with Gasteiger partial charge in [0.15, 0.2) is 0 Å². The summed E-state index contributed by atoms with van der Waals surface area (Å²) in [6.07, 6.45) is -2.05. The van der Waals surface area contributed by atoms with Gasteiger partial charge in [-0.25, -0.2) is 9.59 Å². The Bertz CT molecular complexity index is 1070. The molecular weight excluding hydrogens is 373 g/mol. The lowest BCUT2D eigenvalue weighted by atomic mass is 10.1. The fraction of sp³-hybridized carbons (Fsp3) is 0.0500. The first-order valence-electron chi connectivity index (χ1n) is 8.06. The molecule has 0 radical (unpaired) electrons. The number of benzene rings is 2. The molecule has 0 unspecified atom stereocenters. The SMILES string of the molecule is O=C(Oc1ccccc1/C=C/c1cc(C(F)(F)F)[nH]c(=O)n1)c1ccccc1. The Morgan fingerprint density at radius 1 is 1.00 bits per heavy atom. The number of rotatable bonds is 4. The second-order valence-electron chi connectivity index (χ2n) is 5.65. The quantitative estimate of drug-likeness (QED) is 0.539. The van der Waals surface area contributed by atoms with Gasteiger partial charge in [-0.2, -0.15) is 18.2 Å². The van der Waals surface area contributed by atoms with Crippen molar-refractivity contribution >= 4 is 18.1 Å². The first-order chi connectivity index (χ1) is 13.3. The highest BCUT2D eigenvalue weighted by atomic mass is 19.4. The predicted octanol–water partition coefficient (Wildman–Crippen LogP) is 4.18. The fourth-order valence-electron chi connectivity index (χ4n) is 2.33. The Hall–Kier alpha value is -3.68. The molecular formula is C20H13F3N2O3. The van der Waals surface area contributed by atoms with E-state index >= 15 is 0 Å². The van der Waals surface area contributed by atoms with E-state index in [2.05, 4.69) is 4.98 Å². The number of esters is 1. The molecule has 0 aliphatic rings. The minimum Gasteiger partial charge on any atom is -0.422 e. The molecule has 0 amide bonds. The lowest BCUT2D eigenvalue weighted by Gasteiger charge is -2.08. The number of nitrogens with zero attached hydrogens (tertiary/aromatic N) is 1. The van der Waals surface area contributed by atoms with Crippen LogP contribution in [0, 0.1) is 0 Å². The second kappa shape index (κ2) is 7.91. The molecule has 0 saturated carbocycles. The molecule has 5 nitrogen and oxygen atoms in total. The van der Waals surface area contributed by atoms with Gasteiger partial charge in [-0.05, 0) is 36.4 Å². The summed E-state index contributed by atoms with van der Waals surface area (Å²) < 4.78 is 43.8. The molecule has 0 saturated heterocycles. The van der Waals surface area contributed by atoms with E-state index in [0.29, 0.717) is 11.1 Å². The number of carbonyl (C=O) groups excluding carboxylic acids is 1. The molecule has 0 bridgehead atoms. The van der Waals surface area contributed by atoms with E-state index in [9.17, 15) is 22.8 Å². The number of alkyl halides is 3. The number of carbonyl (C=O) groups is 1. The van der Waals surface area contributed by atoms with Gasteiger partial charge in [0.2, 0.25) is 0 Å². The average molecular weight is 386 g/mol. The number of aromatic nitrogens is 2. The largest absolute Gasteiger partial charge is 0.431 e. The molecule has 8 heteroatoms. The number of nitrogens with one attached hydrogen (secondary N) is 1. The molecule has 0 aliphatic carbocycles. The van der Waals surface area contributed by atoms with Crippen molar-refractivity contribution in [1.29, 1.82) is 0 Å².